The molecule has 66 valence electrons. The van der Waals surface area contributed by atoms with Crippen LogP contribution in [0, 0.1) is 0 Å². The first-order chi connectivity index (χ1) is 5.58. The zero-order valence-electron chi connectivity index (χ0n) is 7.45. The van der Waals surface area contributed by atoms with Crippen molar-refractivity contribution in [3.63, 3.8) is 0 Å². The average molecular weight is 183 g/mol. The molecule has 0 spiro atoms. The van der Waals surface area contributed by atoms with Gasteiger partial charge in [0.15, 0.2) is 0 Å². The fraction of sp³-hybridized carbons (Fsp3) is 0.333. The molecule has 1 N–H and O–H groups in total. The van der Waals surface area contributed by atoms with Crippen molar-refractivity contribution in [2.75, 3.05) is 13.3 Å². The number of hydrogen-bond acceptors (Lipinski definition) is 1. The predicted octanol–water partition coefficient (Wildman–Crippen LogP) is 2.31. The van der Waals surface area contributed by atoms with E-state index in [1.807, 2.05) is 30.3 Å². The molecule has 0 aliphatic carbocycles. The topological polar surface area (TPSA) is 29.1 Å². The summed E-state index contributed by atoms with van der Waals surface area (Å²) in [6.07, 6.45) is 0. The normalized spacial score (nSPS) is 11.5. The summed E-state index contributed by atoms with van der Waals surface area (Å²) in [4.78, 5) is 0. The zero-order valence-corrected chi connectivity index (χ0v) is 8.34. The Morgan fingerprint density at radius 1 is 1.25 bits per heavy atom. The quantitative estimate of drug-likeness (QED) is 0.728. The molecular formula is C9H14NOP. The summed E-state index contributed by atoms with van der Waals surface area (Å²) in [5, 5.41) is 2.99. The highest BCUT2D eigenvalue weighted by Gasteiger charge is 2.03. The monoisotopic (exact) mass is 183 g/mol. The van der Waals surface area contributed by atoms with E-state index in [1.54, 1.807) is 13.3 Å². The lowest BCUT2D eigenvalue weighted by atomic mass is 10.2. The smallest absolute Gasteiger partial charge is 0.142 e. The molecule has 0 aliphatic heterocycles. The van der Waals surface area contributed by atoms with Gasteiger partial charge in [0.1, 0.15) is 7.29 Å². The molecule has 12 heavy (non-hydrogen) atoms. The summed E-state index contributed by atoms with van der Waals surface area (Å²) in [5.41, 5.74) is 1.17. The molecule has 0 atom stereocenters. The third-order valence-electron chi connectivity index (χ3n) is 1.51. The first-order valence-corrected chi connectivity index (χ1v) is 6.52. The van der Waals surface area contributed by atoms with Gasteiger partial charge in [-0.3, -0.25) is 5.09 Å². The molecule has 0 bridgehead atoms. The standard InChI is InChI=1S/C9H14NOP/c1-12(2,11)10-8-9-6-4-3-5-7-9/h3-7H,8H2,1-2H3,(H,10,11). The molecule has 1 aromatic rings. The van der Waals surface area contributed by atoms with Crippen LogP contribution in [0.3, 0.4) is 0 Å². The first kappa shape index (κ1) is 9.50. The van der Waals surface area contributed by atoms with Gasteiger partial charge in [-0.15, -0.1) is 0 Å². The summed E-state index contributed by atoms with van der Waals surface area (Å²) in [5.74, 6) is 0. The minimum absolute atomic E-state index is 0.686. The van der Waals surface area contributed by atoms with Crippen molar-refractivity contribution in [3.8, 4) is 0 Å². The van der Waals surface area contributed by atoms with E-state index >= 15 is 0 Å². The van der Waals surface area contributed by atoms with Gasteiger partial charge in [-0.05, 0) is 5.56 Å². The Hall–Kier alpha value is -0.590. The predicted molar refractivity (Wildman–Crippen MR) is 52.7 cm³/mol. The van der Waals surface area contributed by atoms with Crippen LogP contribution in [0.15, 0.2) is 30.3 Å². The number of nitrogens with one attached hydrogen (secondary N) is 1. The van der Waals surface area contributed by atoms with Gasteiger partial charge < -0.3 is 4.57 Å². The Labute approximate surface area is 73.4 Å². The molecule has 1 rings (SSSR count). The van der Waals surface area contributed by atoms with Crippen molar-refractivity contribution in [1.82, 2.24) is 5.09 Å². The van der Waals surface area contributed by atoms with Crippen molar-refractivity contribution < 1.29 is 4.57 Å². The molecule has 0 fully saturated rings. The van der Waals surface area contributed by atoms with Crippen LogP contribution in [0.5, 0.6) is 0 Å². The second-order valence-electron chi connectivity index (χ2n) is 3.17. The number of benzene rings is 1. The van der Waals surface area contributed by atoms with Crippen molar-refractivity contribution in [1.29, 1.82) is 0 Å². The lowest BCUT2D eigenvalue weighted by molar-refractivity contribution is 0.572. The fourth-order valence-electron chi connectivity index (χ4n) is 0.878. The molecule has 0 aliphatic rings. The maximum absolute atomic E-state index is 11.3. The lowest BCUT2D eigenvalue weighted by Gasteiger charge is -2.08. The summed E-state index contributed by atoms with van der Waals surface area (Å²) >= 11 is 0. The van der Waals surface area contributed by atoms with Crippen LogP contribution in [0.1, 0.15) is 5.56 Å². The van der Waals surface area contributed by atoms with E-state index in [2.05, 4.69) is 5.09 Å². The van der Waals surface area contributed by atoms with E-state index in [0.717, 1.165) is 0 Å². The van der Waals surface area contributed by atoms with Gasteiger partial charge in [0.05, 0.1) is 0 Å². The highest BCUT2D eigenvalue weighted by atomic mass is 31.2. The third kappa shape index (κ3) is 3.70. The SMILES string of the molecule is CP(C)(=O)NCc1ccccc1. The second kappa shape index (κ2) is 3.88. The van der Waals surface area contributed by atoms with Crippen LogP contribution in [0.2, 0.25) is 0 Å². The first-order valence-electron chi connectivity index (χ1n) is 3.92. The molecule has 0 aromatic heterocycles. The second-order valence-corrected chi connectivity index (χ2v) is 6.19. The van der Waals surface area contributed by atoms with E-state index in [1.165, 1.54) is 5.56 Å². The maximum atomic E-state index is 11.3. The van der Waals surface area contributed by atoms with E-state index in [-0.39, 0.29) is 0 Å². The van der Waals surface area contributed by atoms with Crippen LogP contribution in [0.4, 0.5) is 0 Å². The minimum atomic E-state index is -2.08. The number of hydrogen-bond donors (Lipinski definition) is 1. The van der Waals surface area contributed by atoms with Gasteiger partial charge in [-0.2, -0.15) is 0 Å². The van der Waals surface area contributed by atoms with Gasteiger partial charge in [0.25, 0.3) is 0 Å². The molecule has 0 heterocycles. The van der Waals surface area contributed by atoms with Crippen molar-refractivity contribution in [2.24, 2.45) is 0 Å². The summed E-state index contributed by atoms with van der Waals surface area (Å²) in [6.45, 7) is 4.15. The Balaban J connectivity index is 2.50. The summed E-state index contributed by atoms with van der Waals surface area (Å²) in [7, 11) is -2.08. The van der Waals surface area contributed by atoms with Crippen LogP contribution in [-0.2, 0) is 11.1 Å². The highest BCUT2D eigenvalue weighted by molar-refractivity contribution is 7.60. The van der Waals surface area contributed by atoms with Gasteiger partial charge in [0, 0.05) is 19.9 Å². The van der Waals surface area contributed by atoms with E-state index in [0.29, 0.717) is 6.54 Å². The van der Waals surface area contributed by atoms with Gasteiger partial charge in [-0.25, -0.2) is 0 Å². The molecule has 0 saturated carbocycles. The van der Waals surface area contributed by atoms with Gasteiger partial charge in [0.2, 0.25) is 0 Å². The molecule has 3 heteroatoms. The van der Waals surface area contributed by atoms with Gasteiger partial charge >= 0.3 is 0 Å². The van der Waals surface area contributed by atoms with E-state index < -0.39 is 7.29 Å². The summed E-state index contributed by atoms with van der Waals surface area (Å²) in [6, 6.07) is 9.97. The molecule has 0 amide bonds. The Morgan fingerprint density at radius 2 is 1.83 bits per heavy atom. The third-order valence-corrected chi connectivity index (χ3v) is 2.43. The van der Waals surface area contributed by atoms with Crippen LogP contribution < -0.4 is 5.09 Å². The van der Waals surface area contributed by atoms with Crippen molar-refractivity contribution in [3.05, 3.63) is 35.9 Å². The van der Waals surface area contributed by atoms with Gasteiger partial charge in [-0.1, -0.05) is 30.3 Å². The Kier molecular flexibility index (Phi) is 3.07. The number of rotatable bonds is 3. The van der Waals surface area contributed by atoms with Crippen molar-refractivity contribution >= 4 is 7.29 Å². The van der Waals surface area contributed by atoms with Crippen LogP contribution in [0.25, 0.3) is 0 Å². The van der Waals surface area contributed by atoms with Crippen LogP contribution in [-0.4, -0.2) is 13.3 Å². The van der Waals surface area contributed by atoms with Crippen LogP contribution >= 0.6 is 7.29 Å². The summed E-state index contributed by atoms with van der Waals surface area (Å²) < 4.78 is 11.3. The average Bonchev–Trinajstić information content (AvgIpc) is 2.02. The molecule has 2 nitrogen and oxygen atoms in total. The molecule has 0 radical (unpaired) electrons. The molecule has 0 unspecified atom stereocenters. The highest BCUT2D eigenvalue weighted by Crippen LogP contribution is 2.29. The fourth-order valence-corrected chi connectivity index (χ4v) is 1.44. The lowest BCUT2D eigenvalue weighted by Crippen LogP contribution is -2.07. The molecule has 1 aromatic carbocycles. The Morgan fingerprint density at radius 3 is 2.33 bits per heavy atom. The van der Waals surface area contributed by atoms with E-state index in [9.17, 15) is 4.57 Å². The zero-order chi connectivity index (χ0) is 9.03. The van der Waals surface area contributed by atoms with Crippen molar-refractivity contribution in [2.45, 2.75) is 6.54 Å². The van der Waals surface area contributed by atoms with E-state index in [4.69, 9.17) is 0 Å². The Bertz CT molecular complexity index is 278. The largest absolute Gasteiger partial charge is 0.307 e. The molecule has 0 saturated heterocycles. The molecular weight excluding hydrogens is 169 g/mol. The maximum Gasteiger partial charge on any atom is 0.142 e. The minimum Gasteiger partial charge on any atom is -0.307 e.